The minimum absolute atomic E-state index is 0.0859. The van der Waals surface area contributed by atoms with Gasteiger partial charge in [-0.1, -0.05) is 13.8 Å². The molecule has 1 aliphatic rings. The summed E-state index contributed by atoms with van der Waals surface area (Å²) >= 11 is 0. The molecule has 1 aliphatic carbocycles. The van der Waals surface area contributed by atoms with Crippen LogP contribution in [-0.2, 0) is 19.6 Å². The van der Waals surface area contributed by atoms with Crippen LogP contribution in [0.25, 0.3) is 0 Å². The highest BCUT2D eigenvalue weighted by Gasteiger charge is 2.65. The van der Waals surface area contributed by atoms with Crippen molar-refractivity contribution in [1.29, 1.82) is 0 Å². The number of ether oxygens (including phenoxy) is 1. The molecule has 0 aromatic heterocycles. The van der Waals surface area contributed by atoms with Gasteiger partial charge in [-0.3, -0.25) is 9.35 Å². The molecule has 1 saturated carbocycles. The number of carbonyl (C=O) groups is 1. The van der Waals surface area contributed by atoms with Gasteiger partial charge in [0.2, 0.25) is 0 Å². The van der Waals surface area contributed by atoms with E-state index in [9.17, 15) is 35.9 Å². The van der Waals surface area contributed by atoms with Crippen molar-refractivity contribution >= 4 is 16.1 Å². The number of rotatable bonds is 10. The fourth-order valence-corrected chi connectivity index (χ4v) is 3.38. The Balaban J connectivity index is 2.43. The van der Waals surface area contributed by atoms with Crippen LogP contribution < -0.4 is 0 Å². The predicted molar refractivity (Wildman–Crippen MR) is 83.4 cm³/mol. The van der Waals surface area contributed by atoms with E-state index in [0.29, 0.717) is 32.1 Å². The van der Waals surface area contributed by atoms with Crippen molar-refractivity contribution < 1.29 is 45.2 Å². The molecule has 0 unspecified atom stereocenters. The second-order valence-electron chi connectivity index (χ2n) is 6.78. The molecule has 0 radical (unpaired) electrons. The first-order valence-electron chi connectivity index (χ1n) is 8.30. The van der Waals surface area contributed by atoms with Gasteiger partial charge in [0.1, 0.15) is 0 Å². The lowest BCUT2D eigenvalue weighted by atomic mass is 9.69. The van der Waals surface area contributed by atoms with E-state index in [2.05, 4.69) is 4.74 Å². The fourth-order valence-electron chi connectivity index (χ4n) is 2.90. The smallest absolute Gasteiger partial charge is 0.431 e. The Morgan fingerprint density at radius 3 is 2.08 bits per heavy atom. The SMILES string of the molecule is CCC(O)(CC)CC1CC(C(=O)OCCC(F)(F)C(F)(F)S(=O)(=O)O)C1. The third-order valence-corrected chi connectivity index (χ3v) is 5.91. The van der Waals surface area contributed by atoms with E-state index in [0.717, 1.165) is 0 Å². The molecule has 26 heavy (non-hydrogen) atoms. The molecule has 0 atom stereocenters. The predicted octanol–water partition coefficient (Wildman–Crippen LogP) is 3.00. The number of esters is 1. The van der Waals surface area contributed by atoms with Gasteiger partial charge in [-0.2, -0.15) is 26.0 Å². The molecule has 0 amide bonds. The number of alkyl halides is 4. The van der Waals surface area contributed by atoms with E-state index in [4.69, 9.17) is 4.55 Å². The Morgan fingerprint density at radius 2 is 1.65 bits per heavy atom. The van der Waals surface area contributed by atoms with Crippen molar-refractivity contribution in [3.8, 4) is 0 Å². The van der Waals surface area contributed by atoms with Gasteiger partial charge >= 0.3 is 27.3 Å². The minimum Gasteiger partial charge on any atom is -0.465 e. The van der Waals surface area contributed by atoms with Gasteiger partial charge in [0, 0.05) is 0 Å². The molecule has 0 aliphatic heterocycles. The number of hydrogen-bond donors (Lipinski definition) is 2. The third kappa shape index (κ3) is 5.07. The van der Waals surface area contributed by atoms with Gasteiger partial charge in [-0.15, -0.1) is 0 Å². The maximum Gasteiger partial charge on any atom is 0.431 e. The molecule has 0 aromatic carbocycles. The second kappa shape index (κ2) is 7.97. The van der Waals surface area contributed by atoms with Crippen LogP contribution in [0.3, 0.4) is 0 Å². The molecule has 1 rings (SSSR count). The van der Waals surface area contributed by atoms with Gasteiger partial charge < -0.3 is 9.84 Å². The number of carbonyl (C=O) groups excluding carboxylic acids is 1. The Kier molecular flexibility index (Phi) is 7.08. The van der Waals surface area contributed by atoms with Gasteiger partial charge in [0.15, 0.2) is 0 Å². The van der Waals surface area contributed by atoms with Gasteiger partial charge in [-0.05, 0) is 38.0 Å². The minimum atomic E-state index is -6.30. The lowest BCUT2D eigenvalue weighted by Crippen LogP contribution is -2.47. The largest absolute Gasteiger partial charge is 0.465 e. The summed E-state index contributed by atoms with van der Waals surface area (Å²) in [4.78, 5) is 11.7. The molecule has 0 heterocycles. The Morgan fingerprint density at radius 1 is 1.15 bits per heavy atom. The van der Waals surface area contributed by atoms with E-state index in [-0.39, 0.29) is 5.92 Å². The zero-order valence-corrected chi connectivity index (χ0v) is 15.4. The first-order valence-corrected chi connectivity index (χ1v) is 9.74. The van der Waals surface area contributed by atoms with E-state index in [1.165, 1.54) is 0 Å². The summed E-state index contributed by atoms with van der Waals surface area (Å²) in [6.07, 6.45) is 0.686. The standard InChI is InChI=1S/C15H24F4O6S/c1-3-13(21,4-2)9-10-7-11(8-10)12(20)25-6-5-14(16,17)15(18,19)26(22,23)24/h10-11,21H,3-9H2,1-2H3,(H,22,23,24). The highest BCUT2D eigenvalue weighted by atomic mass is 32.2. The average Bonchev–Trinajstić information content (AvgIpc) is 2.48. The summed E-state index contributed by atoms with van der Waals surface area (Å²) in [5.74, 6) is -6.39. The molecular formula is C15H24F4O6S. The first kappa shape index (κ1) is 23.1. The summed E-state index contributed by atoms with van der Waals surface area (Å²) in [6.45, 7) is 2.58. The molecular weight excluding hydrogens is 384 g/mol. The van der Waals surface area contributed by atoms with Crippen molar-refractivity contribution in [3.63, 3.8) is 0 Å². The van der Waals surface area contributed by atoms with Crippen molar-refractivity contribution in [2.75, 3.05) is 6.61 Å². The van der Waals surface area contributed by atoms with Crippen LogP contribution in [-0.4, -0.2) is 47.4 Å². The highest BCUT2D eigenvalue weighted by molar-refractivity contribution is 7.87. The monoisotopic (exact) mass is 408 g/mol. The number of hydrogen-bond acceptors (Lipinski definition) is 5. The Hall–Kier alpha value is -0.940. The quantitative estimate of drug-likeness (QED) is 0.327. The van der Waals surface area contributed by atoms with Gasteiger partial charge in [0.05, 0.1) is 24.5 Å². The molecule has 2 N–H and O–H groups in total. The third-order valence-electron chi connectivity index (χ3n) is 4.96. The van der Waals surface area contributed by atoms with E-state index in [1.807, 2.05) is 13.8 Å². The molecule has 1 fully saturated rings. The van der Waals surface area contributed by atoms with E-state index >= 15 is 0 Å². The summed E-state index contributed by atoms with van der Waals surface area (Å²) < 4.78 is 86.0. The van der Waals surface area contributed by atoms with Crippen molar-refractivity contribution in [3.05, 3.63) is 0 Å². The van der Waals surface area contributed by atoms with Crippen LogP contribution in [0.4, 0.5) is 17.6 Å². The molecule has 0 aromatic rings. The van der Waals surface area contributed by atoms with Gasteiger partial charge in [-0.25, -0.2) is 0 Å². The lowest BCUT2D eigenvalue weighted by Gasteiger charge is -2.39. The van der Waals surface area contributed by atoms with Crippen LogP contribution in [0.1, 0.15) is 52.4 Å². The van der Waals surface area contributed by atoms with E-state index < -0.39 is 51.8 Å². The van der Waals surface area contributed by atoms with Crippen molar-refractivity contribution in [2.24, 2.45) is 11.8 Å². The Labute approximate surface area is 149 Å². The van der Waals surface area contributed by atoms with Crippen LogP contribution in [0, 0.1) is 11.8 Å². The average molecular weight is 408 g/mol. The topological polar surface area (TPSA) is 101 Å². The first-order chi connectivity index (χ1) is 11.7. The number of halogens is 4. The molecule has 6 nitrogen and oxygen atoms in total. The summed E-state index contributed by atoms with van der Waals surface area (Å²) in [5, 5.41) is 4.55. The van der Waals surface area contributed by atoms with Crippen molar-refractivity contribution in [2.45, 2.75) is 69.2 Å². The van der Waals surface area contributed by atoms with Gasteiger partial charge in [0.25, 0.3) is 0 Å². The summed E-state index contributed by atoms with van der Waals surface area (Å²) in [5.41, 5.74) is -0.817. The second-order valence-corrected chi connectivity index (χ2v) is 8.25. The Bertz CT molecular complexity index is 597. The molecule has 0 saturated heterocycles. The zero-order valence-electron chi connectivity index (χ0n) is 14.6. The molecule has 11 heteroatoms. The van der Waals surface area contributed by atoms with E-state index in [1.54, 1.807) is 0 Å². The van der Waals surface area contributed by atoms with Crippen LogP contribution in [0.2, 0.25) is 0 Å². The fraction of sp³-hybridized carbons (Fsp3) is 0.933. The van der Waals surface area contributed by atoms with Crippen LogP contribution in [0.5, 0.6) is 0 Å². The highest BCUT2D eigenvalue weighted by Crippen LogP contribution is 2.42. The maximum absolute atomic E-state index is 13.3. The molecule has 0 spiro atoms. The molecule has 0 bridgehead atoms. The summed E-state index contributed by atoms with van der Waals surface area (Å²) in [7, 11) is -6.30. The zero-order chi connectivity index (χ0) is 20.4. The maximum atomic E-state index is 13.3. The summed E-state index contributed by atoms with van der Waals surface area (Å²) in [6, 6.07) is 0. The lowest BCUT2D eigenvalue weighted by molar-refractivity contribution is -0.177. The van der Waals surface area contributed by atoms with Crippen LogP contribution in [0.15, 0.2) is 0 Å². The molecule has 154 valence electrons. The van der Waals surface area contributed by atoms with Crippen molar-refractivity contribution in [1.82, 2.24) is 0 Å². The number of aliphatic hydroxyl groups is 1. The van der Waals surface area contributed by atoms with Crippen LogP contribution >= 0.6 is 0 Å². The normalized spacial score (nSPS) is 22.0.